The lowest BCUT2D eigenvalue weighted by Crippen LogP contribution is -2.39. The van der Waals surface area contributed by atoms with Crippen LogP contribution in [0.2, 0.25) is 0 Å². The van der Waals surface area contributed by atoms with Gasteiger partial charge in [0, 0.05) is 24.9 Å². The molecule has 2 N–H and O–H groups in total. The Labute approximate surface area is 118 Å². The molecule has 1 aliphatic rings. The fourth-order valence-electron chi connectivity index (χ4n) is 3.03. The van der Waals surface area contributed by atoms with Gasteiger partial charge in [0.05, 0.1) is 0 Å². The minimum atomic E-state index is 0.542. The van der Waals surface area contributed by atoms with Crippen LogP contribution in [0.15, 0.2) is 16.9 Å². The minimum Gasteiger partial charge on any atom is -0.342 e. The summed E-state index contributed by atoms with van der Waals surface area (Å²) in [7, 11) is 0. The van der Waals surface area contributed by atoms with Crippen LogP contribution < -0.4 is 5.32 Å². The lowest BCUT2D eigenvalue weighted by atomic mass is 9.82. The average Bonchev–Trinajstić information content (AvgIpc) is 3.12. The Hall–Kier alpha value is -1.69. The van der Waals surface area contributed by atoms with Gasteiger partial charge in [-0.3, -0.25) is 0 Å². The first-order valence-electron chi connectivity index (χ1n) is 7.42. The summed E-state index contributed by atoms with van der Waals surface area (Å²) in [5.74, 6) is 2.51. The fraction of sp³-hybridized carbons (Fsp3) is 0.643. The highest BCUT2D eigenvalue weighted by atomic mass is 16.5. The van der Waals surface area contributed by atoms with Crippen LogP contribution in [0.4, 0.5) is 0 Å². The van der Waals surface area contributed by atoms with E-state index in [0.29, 0.717) is 29.5 Å². The summed E-state index contributed by atoms with van der Waals surface area (Å²) in [6, 6.07) is 0.577. The third kappa shape index (κ3) is 2.90. The van der Waals surface area contributed by atoms with Crippen molar-refractivity contribution in [3.8, 4) is 11.6 Å². The van der Waals surface area contributed by atoms with Crippen molar-refractivity contribution < 1.29 is 4.52 Å². The van der Waals surface area contributed by atoms with Gasteiger partial charge in [-0.2, -0.15) is 4.98 Å². The molecule has 0 saturated heterocycles. The molecular weight excluding hydrogens is 254 g/mol. The Morgan fingerprint density at radius 2 is 2.30 bits per heavy atom. The molecule has 3 rings (SSSR count). The number of imidazole rings is 1. The molecule has 0 radical (unpaired) electrons. The maximum absolute atomic E-state index is 5.37. The van der Waals surface area contributed by atoms with Gasteiger partial charge in [-0.25, -0.2) is 4.98 Å². The molecular formula is C14H21N5O. The summed E-state index contributed by atoms with van der Waals surface area (Å²) in [6.45, 7) is 3.18. The molecule has 0 amide bonds. The molecule has 2 heterocycles. The molecule has 0 aromatic carbocycles. The van der Waals surface area contributed by atoms with Crippen LogP contribution in [0, 0.1) is 5.92 Å². The van der Waals surface area contributed by atoms with E-state index in [2.05, 4.69) is 32.3 Å². The highest BCUT2D eigenvalue weighted by molar-refractivity contribution is 5.40. The second-order valence-corrected chi connectivity index (χ2v) is 5.36. The molecule has 2 unspecified atom stereocenters. The van der Waals surface area contributed by atoms with Gasteiger partial charge in [0.15, 0.2) is 5.82 Å². The molecule has 1 aliphatic carbocycles. The van der Waals surface area contributed by atoms with Crippen LogP contribution in [0.1, 0.15) is 38.5 Å². The van der Waals surface area contributed by atoms with Crippen LogP contribution in [0.3, 0.4) is 0 Å². The van der Waals surface area contributed by atoms with E-state index in [1.165, 1.54) is 25.7 Å². The van der Waals surface area contributed by atoms with Crippen molar-refractivity contribution in [3.05, 3.63) is 18.3 Å². The maximum atomic E-state index is 5.37. The number of nitrogens with zero attached hydrogens (tertiary/aromatic N) is 3. The first kappa shape index (κ1) is 13.3. The van der Waals surface area contributed by atoms with Crippen LogP contribution in [0.25, 0.3) is 11.6 Å². The lowest BCUT2D eigenvalue weighted by Gasteiger charge is -2.31. The average molecular weight is 275 g/mol. The zero-order valence-corrected chi connectivity index (χ0v) is 11.8. The van der Waals surface area contributed by atoms with Crippen LogP contribution >= 0.6 is 0 Å². The SMILES string of the molecule is CCNC1CCCCC1Cc1nc(-c2ncc[nH]2)no1. The molecule has 0 spiro atoms. The molecule has 1 saturated carbocycles. The number of hydrogen-bond donors (Lipinski definition) is 2. The Kier molecular flexibility index (Phi) is 4.11. The highest BCUT2D eigenvalue weighted by Crippen LogP contribution is 2.27. The third-order valence-corrected chi connectivity index (χ3v) is 3.99. The number of H-pyrrole nitrogens is 1. The summed E-state index contributed by atoms with van der Waals surface area (Å²) < 4.78 is 5.37. The molecule has 20 heavy (non-hydrogen) atoms. The van der Waals surface area contributed by atoms with Gasteiger partial charge in [0.25, 0.3) is 0 Å². The fourth-order valence-corrected chi connectivity index (χ4v) is 3.03. The van der Waals surface area contributed by atoms with Crippen molar-refractivity contribution in [2.75, 3.05) is 6.54 Å². The van der Waals surface area contributed by atoms with Gasteiger partial charge in [-0.1, -0.05) is 24.9 Å². The standard InChI is InChI=1S/C14H21N5O/c1-2-15-11-6-4-3-5-10(11)9-12-18-14(19-20-12)13-16-7-8-17-13/h7-8,10-11,15H,2-6,9H2,1H3,(H,16,17). The molecule has 6 heteroatoms. The van der Waals surface area contributed by atoms with Crippen LogP contribution in [0.5, 0.6) is 0 Å². The predicted octanol–water partition coefficient (Wildman–Crippen LogP) is 2.17. The van der Waals surface area contributed by atoms with Crippen molar-refractivity contribution in [2.45, 2.75) is 45.1 Å². The summed E-state index contributed by atoms with van der Waals surface area (Å²) in [6.07, 6.45) is 9.39. The first-order chi connectivity index (χ1) is 9.86. The molecule has 6 nitrogen and oxygen atoms in total. The number of aromatic nitrogens is 4. The van der Waals surface area contributed by atoms with E-state index in [9.17, 15) is 0 Å². The van der Waals surface area contributed by atoms with Crippen molar-refractivity contribution in [3.63, 3.8) is 0 Å². The molecule has 2 aromatic rings. The van der Waals surface area contributed by atoms with Crippen molar-refractivity contribution in [1.82, 2.24) is 25.4 Å². The van der Waals surface area contributed by atoms with E-state index in [1.807, 2.05) is 0 Å². The number of aromatic amines is 1. The number of hydrogen-bond acceptors (Lipinski definition) is 5. The normalized spacial score (nSPS) is 23.1. The topological polar surface area (TPSA) is 79.6 Å². The van der Waals surface area contributed by atoms with Crippen LogP contribution in [-0.2, 0) is 6.42 Å². The van der Waals surface area contributed by atoms with E-state index in [0.717, 1.165) is 13.0 Å². The zero-order chi connectivity index (χ0) is 13.8. The van der Waals surface area contributed by atoms with E-state index >= 15 is 0 Å². The summed E-state index contributed by atoms with van der Waals surface area (Å²) >= 11 is 0. The van der Waals surface area contributed by atoms with Crippen molar-refractivity contribution in [2.24, 2.45) is 5.92 Å². The first-order valence-corrected chi connectivity index (χ1v) is 7.42. The quantitative estimate of drug-likeness (QED) is 0.874. The monoisotopic (exact) mass is 275 g/mol. The summed E-state index contributed by atoms with van der Waals surface area (Å²) in [4.78, 5) is 11.6. The second-order valence-electron chi connectivity index (χ2n) is 5.36. The van der Waals surface area contributed by atoms with Crippen molar-refractivity contribution >= 4 is 0 Å². The van der Waals surface area contributed by atoms with Gasteiger partial charge in [-0.05, 0) is 25.3 Å². The molecule has 2 atom stereocenters. The van der Waals surface area contributed by atoms with Crippen LogP contribution in [-0.4, -0.2) is 32.7 Å². The summed E-state index contributed by atoms with van der Waals surface area (Å²) in [5, 5.41) is 7.58. The van der Waals surface area contributed by atoms with Gasteiger partial charge < -0.3 is 14.8 Å². The Morgan fingerprint density at radius 3 is 3.10 bits per heavy atom. The third-order valence-electron chi connectivity index (χ3n) is 3.99. The number of nitrogens with one attached hydrogen (secondary N) is 2. The Balaban J connectivity index is 1.67. The van der Waals surface area contributed by atoms with Crippen molar-refractivity contribution in [1.29, 1.82) is 0 Å². The Morgan fingerprint density at radius 1 is 1.40 bits per heavy atom. The number of rotatable bonds is 5. The lowest BCUT2D eigenvalue weighted by molar-refractivity contribution is 0.242. The van der Waals surface area contributed by atoms with E-state index in [1.54, 1.807) is 12.4 Å². The second kappa shape index (κ2) is 6.17. The summed E-state index contributed by atoms with van der Waals surface area (Å²) in [5.41, 5.74) is 0. The minimum absolute atomic E-state index is 0.542. The maximum Gasteiger partial charge on any atom is 0.238 e. The van der Waals surface area contributed by atoms with Gasteiger partial charge in [-0.15, -0.1) is 0 Å². The molecule has 108 valence electrons. The predicted molar refractivity (Wildman–Crippen MR) is 75.0 cm³/mol. The van der Waals surface area contributed by atoms with E-state index < -0.39 is 0 Å². The highest BCUT2D eigenvalue weighted by Gasteiger charge is 2.26. The van der Waals surface area contributed by atoms with Gasteiger partial charge in [0.2, 0.25) is 11.7 Å². The molecule has 0 bridgehead atoms. The molecule has 2 aromatic heterocycles. The Bertz CT molecular complexity index is 519. The zero-order valence-electron chi connectivity index (χ0n) is 11.8. The largest absolute Gasteiger partial charge is 0.342 e. The molecule has 1 fully saturated rings. The van der Waals surface area contributed by atoms with E-state index in [-0.39, 0.29) is 0 Å². The smallest absolute Gasteiger partial charge is 0.238 e. The van der Waals surface area contributed by atoms with Gasteiger partial charge >= 0.3 is 0 Å². The van der Waals surface area contributed by atoms with E-state index in [4.69, 9.17) is 4.52 Å². The van der Waals surface area contributed by atoms with Gasteiger partial charge in [0.1, 0.15) is 0 Å². The molecule has 0 aliphatic heterocycles.